The summed E-state index contributed by atoms with van der Waals surface area (Å²) >= 11 is 0. The van der Waals surface area contributed by atoms with E-state index in [2.05, 4.69) is 9.97 Å². The van der Waals surface area contributed by atoms with Crippen LogP contribution in [0, 0.1) is 0 Å². The van der Waals surface area contributed by atoms with Crippen molar-refractivity contribution in [3.63, 3.8) is 0 Å². The number of halogens is 6. The third kappa shape index (κ3) is 21.3. The van der Waals surface area contributed by atoms with E-state index in [4.69, 9.17) is 23.7 Å². The molecule has 3 aromatic carbocycles. The van der Waals surface area contributed by atoms with Crippen molar-refractivity contribution in [1.29, 1.82) is 0 Å². The summed E-state index contributed by atoms with van der Waals surface area (Å²) in [4.78, 5) is 105. The summed E-state index contributed by atoms with van der Waals surface area (Å²) in [6.45, 7) is 12.5. The van der Waals surface area contributed by atoms with Gasteiger partial charge in [0, 0.05) is 93.1 Å². The number of hydrogen-bond donors (Lipinski definition) is 0. The van der Waals surface area contributed by atoms with Crippen molar-refractivity contribution < 1.29 is 83.6 Å². The number of likely N-dealkylation sites (tertiary alicyclic amines) is 2. The van der Waals surface area contributed by atoms with Gasteiger partial charge in [0.05, 0.1) is 24.2 Å². The maximum Gasteiger partial charge on any atom is 0.416 e. The van der Waals surface area contributed by atoms with Crippen LogP contribution in [0.1, 0.15) is 185 Å². The molecule has 22 heteroatoms. The van der Waals surface area contributed by atoms with Gasteiger partial charge in [0.15, 0.2) is 11.6 Å². The van der Waals surface area contributed by atoms with Crippen LogP contribution < -0.4 is 9.47 Å². The van der Waals surface area contributed by atoms with Crippen molar-refractivity contribution in [3.05, 3.63) is 117 Å². The lowest BCUT2D eigenvalue weighted by Gasteiger charge is -2.25. The molecule has 2 saturated heterocycles. The highest BCUT2D eigenvalue weighted by Gasteiger charge is 2.38. The van der Waals surface area contributed by atoms with Crippen LogP contribution in [0.3, 0.4) is 0 Å². The first-order valence-electron chi connectivity index (χ1n) is 28.8. The number of esters is 1. The molecular weight excluding hydrogens is 1120 g/mol. The van der Waals surface area contributed by atoms with E-state index >= 15 is 0 Å². The number of ketones is 4. The molecule has 462 valence electrons. The Labute approximate surface area is 491 Å². The molecule has 0 aliphatic carbocycles. The van der Waals surface area contributed by atoms with Gasteiger partial charge in [-0.1, -0.05) is 62.9 Å². The van der Waals surface area contributed by atoms with Gasteiger partial charge in [0.1, 0.15) is 70.8 Å². The molecule has 3 heterocycles. The fraction of sp³-hybridized carbons (Fsp3) is 0.540. The van der Waals surface area contributed by atoms with Crippen LogP contribution in [0.5, 0.6) is 11.5 Å². The minimum Gasteiger partial charge on any atom is -0.488 e. The Balaban J connectivity index is 1.27. The van der Waals surface area contributed by atoms with Crippen molar-refractivity contribution in [1.82, 2.24) is 19.8 Å². The van der Waals surface area contributed by atoms with E-state index in [0.717, 1.165) is 55.4 Å². The first-order valence-corrected chi connectivity index (χ1v) is 28.8. The monoisotopic (exact) mass is 1190 g/mol. The Morgan fingerprint density at radius 1 is 0.541 bits per heavy atom. The zero-order valence-electron chi connectivity index (χ0n) is 49.3. The molecule has 0 spiro atoms. The Hall–Kier alpha value is -7.39. The lowest BCUT2D eigenvalue weighted by atomic mass is 9.94. The van der Waals surface area contributed by atoms with Gasteiger partial charge in [0.25, 0.3) is 0 Å². The molecule has 2 aliphatic heterocycles. The number of ether oxygens (including phenoxy) is 5. The van der Waals surface area contributed by atoms with Gasteiger partial charge in [0.2, 0.25) is 0 Å². The van der Waals surface area contributed by atoms with Crippen molar-refractivity contribution in [2.45, 2.75) is 194 Å². The first-order chi connectivity index (χ1) is 39.9. The molecule has 2 fully saturated rings. The van der Waals surface area contributed by atoms with E-state index in [9.17, 15) is 59.9 Å². The Morgan fingerprint density at radius 3 is 1.36 bits per heavy atom. The number of nitrogens with zero attached hydrogens (tertiary/aromatic N) is 4. The van der Waals surface area contributed by atoms with Crippen LogP contribution in [0.2, 0.25) is 0 Å². The van der Waals surface area contributed by atoms with E-state index in [1.54, 1.807) is 41.5 Å². The summed E-state index contributed by atoms with van der Waals surface area (Å²) < 4.78 is 118. The SMILES string of the molecule is CCCCCCC(=O)Cc1cc(C(F)(F)F)cc(CC(=O)c2cc(C(=O)Cc3cc(C(F)(F)F)cc(CC(=O)CCCCCC(=O)OCc4ccccc4)c3O[C@@H]3CCN(C(=O)OC(C)(C)C)C3)ncn2)c1O[C@@H]1CCN(C(=O)OC(C)(C)C)C1. The van der Waals surface area contributed by atoms with Crippen molar-refractivity contribution in [2.24, 2.45) is 0 Å². The number of rotatable bonds is 27. The first kappa shape index (κ1) is 66.7. The van der Waals surface area contributed by atoms with E-state index in [-0.39, 0.29) is 104 Å². The van der Waals surface area contributed by atoms with Gasteiger partial charge in [-0.2, -0.15) is 26.3 Å². The molecule has 2 atom stereocenters. The Morgan fingerprint density at radius 2 is 0.953 bits per heavy atom. The molecule has 16 nitrogen and oxygen atoms in total. The number of Topliss-reactive ketones (excluding diaryl/α,β-unsaturated/α-hetero) is 4. The summed E-state index contributed by atoms with van der Waals surface area (Å²) in [5.74, 6) is -3.47. The number of benzene rings is 3. The fourth-order valence-corrected chi connectivity index (χ4v) is 9.75. The van der Waals surface area contributed by atoms with Gasteiger partial charge in [-0.15, -0.1) is 0 Å². The van der Waals surface area contributed by atoms with Gasteiger partial charge >= 0.3 is 30.5 Å². The van der Waals surface area contributed by atoms with Crippen LogP contribution in [-0.4, -0.2) is 111 Å². The molecule has 2 aliphatic rings. The third-order valence-electron chi connectivity index (χ3n) is 13.9. The number of unbranched alkanes of at least 4 members (excludes halogenated alkanes) is 5. The second-order valence-electron chi connectivity index (χ2n) is 23.6. The predicted octanol–water partition coefficient (Wildman–Crippen LogP) is 13.0. The Bertz CT molecular complexity index is 3010. The highest BCUT2D eigenvalue weighted by Crippen LogP contribution is 2.40. The van der Waals surface area contributed by atoms with Gasteiger partial charge in [-0.3, -0.25) is 24.0 Å². The summed E-state index contributed by atoms with van der Waals surface area (Å²) in [5, 5.41) is 0. The minimum atomic E-state index is -4.98. The average molecular weight is 1200 g/mol. The van der Waals surface area contributed by atoms with Crippen LogP contribution >= 0.6 is 0 Å². The van der Waals surface area contributed by atoms with E-state index < -0.39 is 119 Å². The quantitative estimate of drug-likeness (QED) is 0.0180. The number of alkyl halides is 6. The maximum absolute atomic E-state index is 14.8. The lowest BCUT2D eigenvalue weighted by Crippen LogP contribution is -2.36. The van der Waals surface area contributed by atoms with E-state index in [1.807, 2.05) is 37.3 Å². The maximum atomic E-state index is 14.8. The standard InChI is InChI=1S/C63H76F6N4O12/c1-8-9-10-15-20-47(74)31-41-27-45(62(64,65)66)29-43(56(41)82-49-23-25-72(36-49)58(79)84-60(2,3)4)33-53(76)51-35-52(71-39-70-51)54(77)34-44-30-46(63(67,68)69)28-42(57(44)83-50-24-26-73(37-50)59(80)85-61(5,6)7)32-48(75)21-16-12-17-22-55(78)81-38-40-18-13-11-14-19-40/h11,13-14,18-19,27-30,35,39,49-50H,8-10,12,15-17,20-26,31-34,36-38H2,1-7H3/t49-,50-/m1/s1. The van der Waals surface area contributed by atoms with Gasteiger partial charge in [-0.25, -0.2) is 19.6 Å². The van der Waals surface area contributed by atoms with Gasteiger partial charge < -0.3 is 33.5 Å². The number of aromatic nitrogens is 2. The minimum absolute atomic E-state index is 0.0240. The molecular formula is C63H76F6N4O12. The largest absolute Gasteiger partial charge is 0.488 e. The van der Waals surface area contributed by atoms with Crippen LogP contribution in [-0.2, 0) is 73.2 Å². The summed E-state index contributed by atoms with van der Waals surface area (Å²) in [5.41, 5.74) is -5.01. The molecule has 0 radical (unpaired) electrons. The van der Waals surface area contributed by atoms with Crippen molar-refractivity contribution in [3.8, 4) is 11.5 Å². The smallest absolute Gasteiger partial charge is 0.416 e. The molecule has 1 aromatic heterocycles. The average Bonchev–Trinajstić information content (AvgIpc) is 2.55. The fourth-order valence-electron chi connectivity index (χ4n) is 9.75. The lowest BCUT2D eigenvalue weighted by molar-refractivity contribution is -0.145. The molecule has 0 N–H and O–H groups in total. The highest BCUT2D eigenvalue weighted by molar-refractivity contribution is 6.01. The van der Waals surface area contributed by atoms with Crippen LogP contribution in [0.15, 0.2) is 67.0 Å². The molecule has 0 unspecified atom stereocenters. The molecule has 0 saturated carbocycles. The van der Waals surface area contributed by atoms with Crippen LogP contribution in [0.25, 0.3) is 0 Å². The zero-order chi connectivity index (χ0) is 62.3. The Kier molecular flexibility index (Phi) is 23.3. The number of hydrogen-bond acceptors (Lipinski definition) is 14. The molecule has 4 aromatic rings. The zero-order valence-corrected chi connectivity index (χ0v) is 49.3. The van der Waals surface area contributed by atoms with Crippen molar-refractivity contribution in [2.75, 3.05) is 26.2 Å². The summed E-state index contributed by atoms with van der Waals surface area (Å²) in [6, 6.07) is 13.1. The number of amides is 2. The highest BCUT2D eigenvalue weighted by atomic mass is 19.4. The normalized spacial score (nSPS) is 15.6. The predicted molar refractivity (Wildman–Crippen MR) is 300 cm³/mol. The summed E-state index contributed by atoms with van der Waals surface area (Å²) in [7, 11) is 0. The molecule has 6 rings (SSSR count). The molecule has 0 bridgehead atoms. The second kappa shape index (κ2) is 29.6. The van der Waals surface area contributed by atoms with Gasteiger partial charge in [-0.05, 0) is 96.7 Å². The third-order valence-corrected chi connectivity index (χ3v) is 13.9. The summed E-state index contributed by atoms with van der Waals surface area (Å²) in [6.07, 6.45) is -10.0. The molecule has 2 amide bonds. The second-order valence-corrected chi connectivity index (χ2v) is 23.6. The molecule has 85 heavy (non-hydrogen) atoms. The number of carbonyl (C=O) groups excluding carboxylic acids is 7. The van der Waals surface area contributed by atoms with Crippen LogP contribution in [0.4, 0.5) is 35.9 Å². The van der Waals surface area contributed by atoms with E-state index in [1.165, 1.54) is 9.80 Å². The topological polar surface area (TPSA) is 198 Å². The van der Waals surface area contributed by atoms with E-state index in [0.29, 0.717) is 31.7 Å². The number of carbonyl (C=O) groups is 7. The van der Waals surface area contributed by atoms with Crippen molar-refractivity contribution >= 4 is 41.3 Å².